The molecule has 3 nitrogen and oxygen atoms in total. The summed E-state index contributed by atoms with van der Waals surface area (Å²) in [5, 5.41) is 3.60. The molecule has 1 saturated heterocycles. The van der Waals surface area contributed by atoms with Gasteiger partial charge >= 0.3 is 0 Å². The van der Waals surface area contributed by atoms with E-state index in [-0.39, 0.29) is 0 Å². The number of piperidine rings is 1. The first kappa shape index (κ1) is 14.6. The van der Waals surface area contributed by atoms with Crippen molar-refractivity contribution in [3.05, 3.63) is 24.0 Å². The fourth-order valence-corrected chi connectivity index (χ4v) is 3.01. The fourth-order valence-electron chi connectivity index (χ4n) is 3.01. The van der Waals surface area contributed by atoms with Gasteiger partial charge in [0.25, 0.3) is 0 Å². The van der Waals surface area contributed by atoms with E-state index in [4.69, 9.17) is 0 Å². The standard InChI is InChI=1S/C16H29N3/c1-3-19-11-7-8-16(19)13-17-12-15(2)14-18-9-5-4-6-10-18/h7-8,11,15,17H,3-6,9-10,12-14H2,1-2H3. The lowest BCUT2D eigenvalue weighted by atomic mass is 10.1. The van der Waals surface area contributed by atoms with E-state index in [9.17, 15) is 0 Å². The van der Waals surface area contributed by atoms with E-state index >= 15 is 0 Å². The Kier molecular flexibility index (Phi) is 5.93. The van der Waals surface area contributed by atoms with Crippen LogP contribution in [0.5, 0.6) is 0 Å². The van der Waals surface area contributed by atoms with Crippen LogP contribution >= 0.6 is 0 Å². The number of aryl methyl sites for hydroxylation is 1. The third-order valence-corrected chi connectivity index (χ3v) is 4.08. The highest BCUT2D eigenvalue weighted by molar-refractivity contribution is 5.06. The average Bonchev–Trinajstić information content (AvgIpc) is 2.87. The molecule has 1 atom stereocenters. The lowest BCUT2D eigenvalue weighted by Gasteiger charge is -2.29. The van der Waals surface area contributed by atoms with Crippen molar-refractivity contribution >= 4 is 0 Å². The van der Waals surface area contributed by atoms with Crippen molar-refractivity contribution in [1.82, 2.24) is 14.8 Å². The first-order valence-electron chi connectivity index (χ1n) is 7.86. The quantitative estimate of drug-likeness (QED) is 0.816. The Balaban J connectivity index is 1.64. The molecular formula is C16H29N3. The van der Waals surface area contributed by atoms with Gasteiger partial charge in [-0.2, -0.15) is 0 Å². The van der Waals surface area contributed by atoms with E-state index in [0.29, 0.717) is 0 Å². The second-order valence-corrected chi connectivity index (χ2v) is 5.88. The van der Waals surface area contributed by atoms with Crippen LogP contribution in [0.25, 0.3) is 0 Å². The Bertz CT molecular complexity index is 353. The van der Waals surface area contributed by atoms with Crippen LogP contribution < -0.4 is 5.32 Å². The van der Waals surface area contributed by atoms with Gasteiger partial charge in [0.2, 0.25) is 0 Å². The zero-order chi connectivity index (χ0) is 13.5. The molecule has 2 rings (SSSR count). The zero-order valence-corrected chi connectivity index (χ0v) is 12.6. The van der Waals surface area contributed by atoms with Gasteiger partial charge in [0.05, 0.1) is 0 Å². The Morgan fingerprint density at radius 1 is 1.26 bits per heavy atom. The predicted octanol–water partition coefficient (Wildman–Crippen LogP) is 2.72. The second kappa shape index (κ2) is 7.71. The maximum atomic E-state index is 3.60. The Labute approximate surface area is 118 Å². The van der Waals surface area contributed by atoms with E-state index < -0.39 is 0 Å². The summed E-state index contributed by atoms with van der Waals surface area (Å²) in [7, 11) is 0. The van der Waals surface area contributed by atoms with Gasteiger partial charge in [0.15, 0.2) is 0 Å². The second-order valence-electron chi connectivity index (χ2n) is 5.88. The molecule has 1 unspecified atom stereocenters. The lowest BCUT2D eigenvalue weighted by Crippen LogP contribution is -2.36. The third kappa shape index (κ3) is 4.66. The molecule has 1 aromatic heterocycles. The van der Waals surface area contributed by atoms with Crippen LogP contribution in [0.2, 0.25) is 0 Å². The Morgan fingerprint density at radius 3 is 2.79 bits per heavy atom. The summed E-state index contributed by atoms with van der Waals surface area (Å²) >= 11 is 0. The van der Waals surface area contributed by atoms with Crippen LogP contribution in [0.15, 0.2) is 18.3 Å². The highest BCUT2D eigenvalue weighted by atomic mass is 15.1. The van der Waals surface area contributed by atoms with Crippen molar-refractivity contribution in [1.29, 1.82) is 0 Å². The molecule has 1 fully saturated rings. The molecule has 0 bridgehead atoms. The molecule has 1 aliphatic rings. The van der Waals surface area contributed by atoms with E-state index in [1.54, 1.807) is 0 Å². The van der Waals surface area contributed by atoms with Gasteiger partial charge in [0.1, 0.15) is 0 Å². The molecule has 1 N–H and O–H groups in total. The smallest absolute Gasteiger partial charge is 0.0359 e. The molecule has 0 spiro atoms. The summed E-state index contributed by atoms with van der Waals surface area (Å²) in [6.07, 6.45) is 6.37. The molecule has 108 valence electrons. The van der Waals surface area contributed by atoms with Gasteiger partial charge in [0, 0.05) is 31.5 Å². The van der Waals surface area contributed by atoms with Crippen molar-refractivity contribution in [2.45, 2.75) is 46.2 Å². The molecular weight excluding hydrogens is 234 g/mol. The highest BCUT2D eigenvalue weighted by Gasteiger charge is 2.13. The number of nitrogens with one attached hydrogen (secondary N) is 1. The number of rotatable bonds is 7. The minimum atomic E-state index is 0.739. The largest absolute Gasteiger partial charge is 0.351 e. The predicted molar refractivity (Wildman–Crippen MR) is 81.3 cm³/mol. The van der Waals surface area contributed by atoms with E-state index in [2.05, 4.69) is 47.0 Å². The zero-order valence-electron chi connectivity index (χ0n) is 12.6. The van der Waals surface area contributed by atoms with Gasteiger partial charge in [-0.05, 0) is 57.5 Å². The van der Waals surface area contributed by atoms with E-state index in [0.717, 1.165) is 25.6 Å². The average molecular weight is 263 g/mol. The van der Waals surface area contributed by atoms with Gasteiger partial charge in [-0.15, -0.1) is 0 Å². The molecule has 0 radical (unpaired) electrons. The number of hydrogen-bond acceptors (Lipinski definition) is 2. The Hall–Kier alpha value is -0.800. The SMILES string of the molecule is CCn1cccc1CNCC(C)CN1CCCCC1. The summed E-state index contributed by atoms with van der Waals surface area (Å²) < 4.78 is 2.31. The van der Waals surface area contributed by atoms with Crippen LogP contribution in [-0.4, -0.2) is 35.6 Å². The van der Waals surface area contributed by atoms with Crippen molar-refractivity contribution in [3.8, 4) is 0 Å². The maximum absolute atomic E-state index is 3.60. The molecule has 0 aliphatic carbocycles. The van der Waals surface area contributed by atoms with E-state index in [1.807, 2.05) is 0 Å². The summed E-state index contributed by atoms with van der Waals surface area (Å²) in [6.45, 7) is 11.6. The summed E-state index contributed by atoms with van der Waals surface area (Å²) in [4.78, 5) is 2.63. The first-order valence-corrected chi connectivity index (χ1v) is 7.86. The summed E-state index contributed by atoms with van der Waals surface area (Å²) in [5.74, 6) is 0.739. The lowest BCUT2D eigenvalue weighted by molar-refractivity contribution is 0.199. The van der Waals surface area contributed by atoms with Crippen LogP contribution in [0.4, 0.5) is 0 Å². The number of aromatic nitrogens is 1. The van der Waals surface area contributed by atoms with E-state index in [1.165, 1.54) is 44.6 Å². The van der Waals surface area contributed by atoms with Crippen LogP contribution in [-0.2, 0) is 13.1 Å². The molecule has 1 aliphatic heterocycles. The molecule has 0 saturated carbocycles. The normalized spacial score (nSPS) is 18.6. The van der Waals surface area contributed by atoms with Crippen molar-refractivity contribution in [3.63, 3.8) is 0 Å². The fraction of sp³-hybridized carbons (Fsp3) is 0.750. The summed E-state index contributed by atoms with van der Waals surface area (Å²) in [5.41, 5.74) is 1.40. The van der Waals surface area contributed by atoms with Crippen LogP contribution in [0, 0.1) is 5.92 Å². The molecule has 1 aromatic rings. The minimum absolute atomic E-state index is 0.739. The topological polar surface area (TPSA) is 20.2 Å². The van der Waals surface area contributed by atoms with Crippen LogP contribution in [0.1, 0.15) is 38.8 Å². The maximum Gasteiger partial charge on any atom is 0.0359 e. The van der Waals surface area contributed by atoms with Gasteiger partial charge in [-0.3, -0.25) is 0 Å². The van der Waals surface area contributed by atoms with Gasteiger partial charge in [-0.1, -0.05) is 13.3 Å². The molecule has 2 heterocycles. The number of likely N-dealkylation sites (tertiary alicyclic amines) is 1. The van der Waals surface area contributed by atoms with Crippen LogP contribution in [0.3, 0.4) is 0 Å². The summed E-state index contributed by atoms with van der Waals surface area (Å²) in [6, 6.07) is 4.35. The molecule has 0 amide bonds. The Morgan fingerprint density at radius 2 is 2.05 bits per heavy atom. The third-order valence-electron chi connectivity index (χ3n) is 4.08. The molecule has 3 heteroatoms. The molecule has 0 aromatic carbocycles. The van der Waals surface area contributed by atoms with Crippen molar-refractivity contribution in [2.24, 2.45) is 5.92 Å². The van der Waals surface area contributed by atoms with Gasteiger partial charge in [-0.25, -0.2) is 0 Å². The minimum Gasteiger partial charge on any atom is -0.351 e. The molecule has 19 heavy (non-hydrogen) atoms. The monoisotopic (exact) mass is 263 g/mol. The first-order chi connectivity index (χ1) is 9.29. The van der Waals surface area contributed by atoms with Crippen molar-refractivity contribution < 1.29 is 0 Å². The number of hydrogen-bond donors (Lipinski definition) is 1. The van der Waals surface area contributed by atoms with Gasteiger partial charge < -0.3 is 14.8 Å². The number of nitrogens with zero attached hydrogens (tertiary/aromatic N) is 2. The highest BCUT2D eigenvalue weighted by Crippen LogP contribution is 2.10. The van der Waals surface area contributed by atoms with Crippen molar-refractivity contribution in [2.75, 3.05) is 26.2 Å².